The molecule has 1 saturated heterocycles. The summed E-state index contributed by atoms with van der Waals surface area (Å²) in [5.74, 6) is 1.57. The molecule has 2 heterocycles. The van der Waals surface area contributed by atoms with Crippen LogP contribution in [0, 0.1) is 5.92 Å². The summed E-state index contributed by atoms with van der Waals surface area (Å²) in [7, 11) is 1.61. The fourth-order valence-corrected chi connectivity index (χ4v) is 4.80. The number of methoxy groups -OCH3 is 1. The summed E-state index contributed by atoms with van der Waals surface area (Å²) in [5, 5.41) is 2.89. The molecule has 32 heavy (non-hydrogen) atoms. The van der Waals surface area contributed by atoms with Crippen LogP contribution in [0.4, 0.5) is 5.82 Å². The maximum atomic E-state index is 12.7. The lowest BCUT2D eigenvalue weighted by Gasteiger charge is -2.33. The van der Waals surface area contributed by atoms with Crippen molar-refractivity contribution < 1.29 is 14.3 Å². The number of nitrogen functional groups attached to an aromatic ring is 1. The third kappa shape index (κ3) is 5.03. The number of likely N-dealkylation sites (tertiary alicyclic amines) is 1. The van der Waals surface area contributed by atoms with Crippen molar-refractivity contribution in [2.45, 2.75) is 51.0 Å². The Hall–Kier alpha value is -3.09. The molecular formula is C25H32N4O3. The summed E-state index contributed by atoms with van der Waals surface area (Å²) in [6.07, 6.45) is 6.19. The molecular weight excluding hydrogens is 404 g/mol. The molecule has 0 spiro atoms. The van der Waals surface area contributed by atoms with Crippen LogP contribution in [0.2, 0.25) is 0 Å². The molecule has 1 aliphatic carbocycles. The standard InChI is InChI=1S/C25H32N4O3/c1-32-20-8-4-5-17(15-20)16-27-24(30)21-9-10-22(28-23(21)26)18-11-13-29(14-12-18)25(31)19-6-2-3-7-19/h4-5,8-10,15,18-19H,2-3,6-7,11-14,16H2,1H3,(H2,26,28)(H,27,30). The second-order valence-corrected chi connectivity index (χ2v) is 8.78. The summed E-state index contributed by atoms with van der Waals surface area (Å²) >= 11 is 0. The van der Waals surface area contributed by atoms with E-state index in [0.29, 0.717) is 18.0 Å². The van der Waals surface area contributed by atoms with Crippen molar-refractivity contribution >= 4 is 17.6 Å². The Bertz CT molecular complexity index is 963. The summed E-state index contributed by atoms with van der Waals surface area (Å²) in [4.78, 5) is 31.8. The predicted octanol–water partition coefficient (Wildman–Crippen LogP) is 3.50. The van der Waals surface area contributed by atoms with E-state index >= 15 is 0 Å². The summed E-state index contributed by atoms with van der Waals surface area (Å²) in [6.45, 7) is 1.92. The van der Waals surface area contributed by atoms with E-state index in [-0.39, 0.29) is 23.6 Å². The third-order valence-electron chi connectivity index (χ3n) is 6.71. The zero-order valence-electron chi connectivity index (χ0n) is 18.7. The molecule has 2 aliphatic rings. The van der Waals surface area contributed by atoms with Crippen molar-refractivity contribution in [1.29, 1.82) is 0 Å². The van der Waals surface area contributed by atoms with Gasteiger partial charge in [-0.1, -0.05) is 25.0 Å². The van der Waals surface area contributed by atoms with E-state index in [9.17, 15) is 9.59 Å². The number of nitrogens with one attached hydrogen (secondary N) is 1. The lowest BCUT2D eigenvalue weighted by molar-refractivity contribution is -0.136. The average molecular weight is 437 g/mol. The minimum absolute atomic E-state index is 0.232. The average Bonchev–Trinajstić information content (AvgIpc) is 3.37. The molecule has 170 valence electrons. The van der Waals surface area contributed by atoms with Crippen LogP contribution in [0.1, 0.15) is 66.1 Å². The van der Waals surface area contributed by atoms with Gasteiger partial charge in [-0.2, -0.15) is 0 Å². The smallest absolute Gasteiger partial charge is 0.255 e. The van der Waals surface area contributed by atoms with Crippen molar-refractivity contribution in [2.75, 3.05) is 25.9 Å². The first-order chi connectivity index (χ1) is 15.5. The number of ether oxygens (including phenoxy) is 1. The lowest BCUT2D eigenvalue weighted by atomic mass is 9.91. The summed E-state index contributed by atoms with van der Waals surface area (Å²) < 4.78 is 5.22. The van der Waals surface area contributed by atoms with Crippen molar-refractivity contribution in [1.82, 2.24) is 15.2 Å². The maximum absolute atomic E-state index is 12.7. The zero-order chi connectivity index (χ0) is 22.5. The van der Waals surface area contributed by atoms with Crippen LogP contribution in [0.25, 0.3) is 0 Å². The number of hydrogen-bond acceptors (Lipinski definition) is 5. The van der Waals surface area contributed by atoms with E-state index in [1.54, 1.807) is 13.2 Å². The number of carbonyl (C=O) groups excluding carboxylic acids is 2. The highest BCUT2D eigenvalue weighted by Crippen LogP contribution is 2.31. The number of nitrogens with two attached hydrogens (primary N) is 1. The first kappa shape index (κ1) is 22.1. The molecule has 3 N–H and O–H groups in total. The maximum Gasteiger partial charge on any atom is 0.255 e. The van der Waals surface area contributed by atoms with E-state index in [2.05, 4.69) is 10.3 Å². The van der Waals surface area contributed by atoms with E-state index in [1.807, 2.05) is 35.2 Å². The van der Waals surface area contributed by atoms with Crippen molar-refractivity contribution in [2.24, 2.45) is 5.92 Å². The van der Waals surface area contributed by atoms with Crippen LogP contribution >= 0.6 is 0 Å². The van der Waals surface area contributed by atoms with Gasteiger partial charge in [0.2, 0.25) is 5.91 Å². The van der Waals surface area contributed by atoms with Gasteiger partial charge >= 0.3 is 0 Å². The SMILES string of the molecule is COc1cccc(CNC(=O)c2ccc(C3CCN(C(=O)C4CCCC4)CC3)nc2N)c1. The van der Waals surface area contributed by atoms with Crippen LogP contribution in [0.5, 0.6) is 5.75 Å². The van der Waals surface area contributed by atoms with Gasteiger partial charge in [-0.15, -0.1) is 0 Å². The van der Waals surface area contributed by atoms with E-state index in [0.717, 1.165) is 55.8 Å². The number of piperidine rings is 1. The van der Waals surface area contributed by atoms with Gasteiger partial charge in [-0.3, -0.25) is 9.59 Å². The molecule has 1 saturated carbocycles. The first-order valence-corrected chi connectivity index (χ1v) is 11.5. The molecule has 0 unspecified atom stereocenters. The Balaban J connectivity index is 1.32. The van der Waals surface area contributed by atoms with Gasteiger partial charge in [0.15, 0.2) is 0 Å². The minimum atomic E-state index is -0.249. The number of hydrogen-bond donors (Lipinski definition) is 2. The number of anilines is 1. The topological polar surface area (TPSA) is 97.5 Å². The zero-order valence-corrected chi connectivity index (χ0v) is 18.7. The minimum Gasteiger partial charge on any atom is -0.497 e. The van der Waals surface area contributed by atoms with Crippen LogP contribution in [-0.4, -0.2) is 41.9 Å². The Morgan fingerprint density at radius 1 is 1.12 bits per heavy atom. The lowest BCUT2D eigenvalue weighted by Crippen LogP contribution is -2.41. The largest absolute Gasteiger partial charge is 0.497 e. The highest BCUT2D eigenvalue weighted by atomic mass is 16.5. The Labute approximate surface area is 189 Å². The number of amides is 2. The Morgan fingerprint density at radius 3 is 2.56 bits per heavy atom. The monoisotopic (exact) mass is 436 g/mol. The number of carbonyl (C=O) groups is 2. The molecule has 2 amide bonds. The van der Waals surface area contributed by atoms with E-state index in [4.69, 9.17) is 10.5 Å². The third-order valence-corrected chi connectivity index (χ3v) is 6.71. The number of pyridine rings is 1. The highest BCUT2D eigenvalue weighted by Gasteiger charge is 2.31. The van der Waals surface area contributed by atoms with Crippen LogP contribution in [0.15, 0.2) is 36.4 Å². The number of rotatable bonds is 6. The van der Waals surface area contributed by atoms with Crippen LogP contribution < -0.4 is 15.8 Å². The van der Waals surface area contributed by atoms with Gasteiger partial charge in [-0.05, 0) is 55.5 Å². The van der Waals surface area contributed by atoms with Gasteiger partial charge in [0.05, 0.1) is 12.7 Å². The summed E-state index contributed by atoms with van der Waals surface area (Å²) in [5.41, 5.74) is 8.37. The number of nitrogens with zero attached hydrogens (tertiary/aromatic N) is 2. The highest BCUT2D eigenvalue weighted by molar-refractivity contribution is 5.98. The predicted molar refractivity (Wildman–Crippen MR) is 123 cm³/mol. The fourth-order valence-electron chi connectivity index (χ4n) is 4.80. The van der Waals surface area contributed by atoms with E-state index in [1.165, 1.54) is 12.8 Å². The second-order valence-electron chi connectivity index (χ2n) is 8.78. The second kappa shape index (κ2) is 10.0. The van der Waals surface area contributed by atoms with Crippen molar-refractivity contribution in [3.05, 3.63) is 53.2 Å². The molecule has 4 rings (SSSR count). The van der Waals surface area contributed by atoms with Gasteiger partial charge < -0.3 is 20.7 Å². The van der Waals surface area contributed by atoms with Gasteiger partial charge in [0.1, 0.15) is 11.6 Å². The number of aromatic nitrogens is 1. The normalized spacial score (nSPS) is 17.3. The van der Waals surface area contributed by atoms with Crippen LogP contribution in [0.3, 0.4) is 0 Å². The van der Waals surface area contributed by atoms with Gasteiger partial charge in [0.25, 0.3) is 5.91 Å². The Kier molecular flexibility index (Phi) is 6.93. The molecule has 1 aromatic heterocycles. The van der Waals surface area contributed by atoms with Crippen molar-refractivity contribution in [3.8, 4) is 5.75 Å². The van der Waals surface area contributed by atoms with Crippen molar-refractivity contribution in [3.63, 3.8) is 0 Å². The molecule has 0 bridgehead atoms. The molecule has 0 radical (unpaired) electrons. The molecule has 2 aromatic rings. The Morgan fingerprint density at radius 2 is 1.88 bits per heavy atom. The van der Waals surface area contributed by atoms with Gasteiger partial charge in [-0.25, -0.2) is 4.98 Å². The number of benzene rings is 1. The molecule has 7 nitrogen and oxygen atoms in total. The molecule has 7 heteroatoms. The molecule has 2 fully saturated rings. The molecule has 1 aliphatic heterocycles. The molecule has 1 aromatic carbocycles. The first-order valence-electron chi connectivity index (χ1n) is 11.5. The van der Waals surface area contributed by atoms with Crippen LogP contribution in [-0.2, 0) is 11.3 Å². The quantitative estimate of drug-likeness (QED) is 0.722. The molecule has 0 atom stereocenters. The summed E-state index contributed by atoms with van der Waals surface area (Å²) in [6, 6.07) is 11.2. The fraction of sp³-hybridized carbons (Fsp3) is 0.480. The van der Waals surface area contributed by atoms with E-state index < -0.39 is 0 Å². The van der Waals surface area contributed by atoms with Gasteiger partial charge in [0, 0.05) is 37.2 Å².